The highest BCUT2D eigenvalue weighted by atomic mass is 32.2. The van der Waals surface area contributed by atoms with Gasteiger partial charge in [-0.2, -0.15) is 0 Å². The van der Waals surface area contributed by atoms with Crippen molar-refractivity contribution in [3.05, 3.63) is 54.0 Å². The van der Waals surface area contributed by atoms with Gasteiger partial charge in [0.15, 0.2) is 5.16 Å². The van der Waals surface area contributed by atoms with Crippen LogP contribution in [-0.4, -0.2) is 40.2 Å². The molecule has 1 fully saturated rings. The predicted molar refractivity (Wildman–Crippen MR) is 107 cm³/mol. The third-order valence-corrected chi connectivity index (χ3v) is 5.48. The van der Waals surface area contributed by atoms with Gasteiger partial charge < -0.3 is 14.1 Å². The van der Waals surface area contributed by atoms with E-state index in [0.29, 0.717) is 13.2 Å². The Morgan fingerprint density at radius 2 is 2.04 bits per heavy atom. The number of nitrogens with zero attached hydrogens (tertiary/aromatic N) is 4. The van der Waals surface area contributed by atoms with Gasteiger partial charge >= 0.3 is 0 Å². The van der Waals surface area contributed by atoms with E-state index in [2.05, 4.69) is 38.7 Å². The third-order valence-electron chi connectivity index (χ3n) is 4.55. The van der Waals surface area contributed by atoms with E-state index in [-0.39, 0.29) is 0 Å². The number of thioether (sulfide) groups is 1. The number of hydrogen-bond donors (Lipinski definition) is 0. The molecule has 0 spiro atoms. The summed E-state index contributed by atoms with van der Waals surface area (Å²) in [4.78, 5) is 2.31. The van der Waals surface area contributed by atoms with Crippen LogP contribution in [0.5, 0.6) is 5.75 Å². The van der Waals surface area contributed by atoms with E-state index < -0.39 is 0 Å². The Labute approximate surface area is 163 Å². The van der Waals surface area contributed by atoms with Crippen molar-refractivity contribution in [2.75, 3.05) is 30.3 Å². The summed E-state index contributed by atoms with van der Waals surface area (Å²) in [6.45, 7) is 5.42. The molecule has 1 aromatic carbocycles. The van der Waals surface area contributed by atoms with Gasteiger partial charge in [0.25, 0.3) is 0 Å². The standard InChI is InChI=1S/C20H24N4O2S/c1-16-6-4-7-17(14-16)26-12-13-27-20-22-21-19(23-9-2-3-10-23)24(20)15-18-8-5-11-25-18/h4-8,11,14H,2-3,9-10,12-13,15H2,1H3. The predicted octanol–water partition coefficient (Wildman–Crippen LogP) is 4.00. The maximum Gasteiger partial charge on any atom is 0.228 e. The molecule has 142 valence electrons. The molecular formula is C20H24N4O2S. The number of hydrogen-bond acceptors (Lipinski definition) is 6. The van der Waals surface area contributed by atoms with Crippen LogP contribution in [-0.2, 0) is 6.54 Å². The van der Waals surface area contributed by atoms with E-state index >= 15 is 0 Å². The normalized spacial score (nSPS) is 14.0. The molecule has 0 saturated carbocycles. The minimum Gasteiger partial charge on any atom is -0.493 e. The van der Waals surface area contributed by atoms with Crippen LogP contribution < -0.4 is 9.64 Å². The highest BCUT2D eigenvalue weighted by molar-refractivity contribution is 7.99. The number of furan rings is 1. The quantitative estimate of drug-likeness (QED) is 0.432. The fourth-order valence-electron chi connectivity index (χ4n) is 3.23. The summed E-state index contributed by atoms with van der Waals surface area (Å²) >= 11 is 1.67. The molecule has 2 aromatic heterocycles. The molecule has 4 rings (SSSR count). The molecule has 6 nitrogen and oxygen atoms in total. The first-order valence-electron chi connectivity index (χ1n) is 9.32. The van der Waals surface area contributed by atoms with Crippen LogP contribution in [0.25, 0.3) is 0 Å². The van der Waals surface area contributed by atoms with Gasteiger partial charge in [0.2, 0.25) is 5.95 Å². The number of rotatable bonds is 8. The average Bonchev–Trinajstić information content (AvgIpc) is 3.42. The van der Waals surface area contributed by atoms with Crippen LogP contribution in [0.3, 0.4) is 0 Å². The minimum atomic E-state index is 0.626. The fraction of sp³-hybridized carbons (Fsp3) is 0.400. The van der Waals surface area contributed by atoms with Crippen LogP contribution in [0.2, 0.25) is 0 Å². The molecule has 0 unspecified atom stereocenters. The van der Waals surface area contributed by atoms with Gasteiger partial charge in [-0.3, -0.25) is 4.57 Å². The Morgan fingerprint density at radius 3 is 2.81 bits per heavy atom. The van der Waals surface area contributed by atoms with Crippen molar-refractivity contribution in [1.82, 2.24) is 14.8 Å². The second kappa shape index (κ2) is 8.52. The van der Waals surface area contributed by atoms with Gasteiger partial charge in [-0.1, -0.05) is 23.9 Å². The van der Waals surface area contributed by atoms with E-state index in [9.17, 15) is 0 Å². The van der Waals surface area contributed by atoms with Crippen molar-refractivity contribution in [3.63, 3.8) is 0 Å². The van der Waals surface area contributed by atoms with Crippen molar-refractivity contribution in [2.24, 2.45) is 0 Å². The number of benzene rings is 1. The molecule has 27 heavy (non-hydrogen) atoms. The van der Waals surface area contributed by atoms with Gasteiger partial charge in [-0.05, 0) is 49.6 Å². The molecule has 1 saturated heterocycles. The zero-order chi connectivity index (χ0) is 18.5. The van der Waals surface area contributed by atoms with Gasteiger partial charge in [0.05, 0.1) is 19.4 Å². The molecule has 3 aromatic rings. The number of aromatic nitrogens is 3. The first kappa shape index (κ1) is 18.0. The second-order valence-electron chi connectivity index (χ2n) is 6.66. The largest absolute Gasteiger partial charge is 0.493 e. The third kappa shape index (κ3) is 4.47. The van der Waals surface area contributed by atoms with Gasteiger partial charge in [0, 0.05) is 18.8 Å². The molecule has 1 aliphatic rings. The average molecular weight is 385 g/mol. The highest BCUT2D eigenvalue weighted by Crippen LogP contribution is 2.26. The fourth-order valence-corrected chi connectivity index (χ4v) is 3.98. The van der Waals surface area contributed by atoms with Gasteiger partial charge in [0.1, 0.15) is 11.5 Å². The lowest BCUT2D eigenvalue weighted by Gasteiger charge is -2.17. The maximum atomic E-state index is 5.85. The molecular weight excluding hydrogens is 360 g/mol. The van der Waals surface area contributed by atoms with Crippen molar-refractivity contribution in [1.29, 1.82) is 0 Å². The van der Waals surface area contributed by atoms with Crippen molar-refractivity contribution in [2.45, 2.75) is 31.5 Å². The van der Waals surface area contributed by atoms with Crippen molar-refractivity contribution in [3.8, 4) is 5.75 Å². The lowest BCUT2D eigenvalue weighted by molar-refractivity contribution is 0.343. The van der Waals surface area contributed by atoms with E-state index in [4.69, 9.17) is 9.15 Å². The molecule has 1 aliphatic heterocycles. The number of ether oxygens (including phenoxy) is 1. The molecule has 0 N–H and O–H groups in total. The van der Waals surface area contributed by atoms with Crippen LogP contribution in [0, 0.1) is 6.92 Å². The second-order valence-corrected chi connectivity index (χ2v) is 7.72. The van der Waals surface area contributed by atoms with Crippen molar-refractivity contribution < 1.29 is 9.15 Å². The number of aryl methyl sites for hydroxylation is 1. The molecule has 0 radical (unpaired) electrons. The topological polar surface area (TPSA) is 56.3 Å². The molecule has 0 amide bonds. The smallest absolute Gasteiger partial charge is 0.228 e. The van der Waals surface area contributed by atoms with Crippen LogP contribution >= 0.6 is 11.8 Å². The summed E-state index contributed by atoms with van der Waals surface area (Å²) in [6, 6.07) is 12.0. The first-order valence-corrected chi connectivity index (χ1v) is 10.3. The monoisotopic (exact) mass is 384 g/mol. The molecule has 0 atom stereocenters. The highest BCUT2D eigenvalue weighted by Gasteiger charge is 2.22. The number of anilines is 1. The van der Waals surface area contributed by atoms with E-state index in [0.717, 1.165) is 41.5 Å². The van der Waals surface area contributed by atoms with E-state index in [1.165, 1.54) is 18.4 Å². The SMILES string of the molecule is Cc1cccc(OCCSc2nnc(N3CCCC3)n2Cc2ccco2)c1. The summed E-state index contributed by atoms with van der Waals surface area (Å²) in [6.07, 6.45) is 4.12. The summed E-state index contributed by atoms with van der Waals surface area (Å²) in [5, 5.41) is 9.80. The summed E-state index contributed by atoms with van der Waals surface area (Å²) in [5.74, 6) is 3.56. The molecule has 7 heteroatoms. The summed E-state index contributed by atoms with van der Waals surface area (Å²) in [5.41, 5.74) is 1.20. The first-order chi connectivity index (χ1) is 13.3. The maximum absolute atomic E-state index is 5.85. The zero-order valence-corrected chi connectivity index (χ0v) is 16.3. The van der Waals surface area contributed by atoms with Crippen LogP contribution in [0.15, 0.2) is 52.2 Å². The lowest BCUT2D eigenvalue weighted by Crippen LogP contribution is -2.22. The summed E-state index contributed by atoms with van der Waals surface area (Å²) in [7, 11) is 0. The Kier molecular flexibility index (Phi) is 5.67. The molecule has 0 aliphatic carbocycles. The van der Waals surface area contributed by atoms with Crippen LogP contribution in [0.4, 0.5) is 5.95 Å². The Bertz CT molecular complexity index is 857. The van der Waals surface area contributed by atoms with E-state index in [1.807, 2.05) is 24.3 Å². The van der Waals surface area contributed by atoms with E-state index in [1.54, 1.807) is 18.0 Å². The Hall–Kier alpha value is -2.41. The van der Waals surface area contributed by atoms with Crippen molar-refractivity contribution >= 4 is 17.7 Å². The lowest BCUT2D eigenvalue weighted by atomic mass is 10.2. The zero-order valence-electron chi connectivity index (χ0n) is 15.5. The molecule has 3 heterocycles. The van der Waals surface area contributed by atoms with Crippen LogP contribution in [0.1, 0.15) is 24.2 Å². The Balaban J connectivity index is 1.41. The summed E-state index contributed by atoms with van der Waals surface area (Å²) < 4.78 is 13.6. The Morgan fingerprint density at radius 1 is 1.15 bits per heavy atom. The van der Waals surface area contributed by atoms with Gasteiger partial charge in [-0.15, -0.1) is 10.2 Å². The molecule has 0 bridgehead atoms. The minimum absolute atomic E-state index is 0.626. The van der Waals surface area contributed by atoms with Gasteiger partial charge in [-0.25, -0.2) is 0 Å².